The molecule has 230 valence electrons. The Hall–Kier alpha value is -4.57. The fraction of sp³-hybridized carbons (Fsp3) is 0.235. The maximum Gasteiger partial charge on any atom is 0.264 e. The molecule has 2 amide bonds. The number of carbonyl (C=O) groups is 2. The molecule has 4 rings (SSSR count). The number of nitrogens with one attached hydrogen (secondary N) is 1. The van der Waals surface area contributed by atoms with E-state index in [1.807, 2.05) is 19.9 Å². The van der Waals surface area contributed by atoms with Gasteiger partial charge in [-0.05, 0) is 41.8 Å². The topological polar surface area (TPSA) is 86.8 Å². The molecule has 0 bridgehead atoms. The third kappa shape index (κ3) is 8.08. The lowest BCUT2D eigenvalue weighted by Crippen LogP contribution is -2.54. The van der Waals surface area contributed by atoms with Gasteiger partial charge < -0.3 is 10.2 Å². The Morgan fingerprint density at radius 2 is 1.34 bits per heavy atom. The van der Waals surface area contributed by atoms with Gasteiger partial charge in [0, 0.05) is 25.1 Å². The van der Waals surface area contributed by atoms with Crippen molar-refractivity contribution in [1.29, 1.82) is 0 Å². The molecule has 0 saturated heterocycles. The monoisotopic (exact) mass is 619 g/mol. The Morgan fingerprint density at radius 3 is 1.95 bits per heavy atom. The Labute approximate surface area is 257 Å². The summed E-state index contributed by atoms with van der Waals surface area (Å²) in [4.78, 5) is 29.0. The lowest BCUT2D eigenvalue weighted by molar-refractivity contribution is -0.140. The third-order valence-electron chi connectivity index (χ3n) is 6.99. The summed E-state index contributed by atoms with van der Waals surface area (Å²) in [5, 5.41) is 2.87. The van der Waals surface area contributed by atoms with Crippen molar-refractivity contribution in [1.82, 2.24) is 10.2 Å². The summed E-state index contributed by atoms with van der Waals surface area (Å²) in [7, 11) is -4.44. The highest BCUT2D eigenvalue weighted by Gasteiger charge is 2.35. The van der Waals surface area contributed by atoms with E-state index >= 15 is 4.39 Å². The molecule has 44 heavy (non-hydrogen) atoms. The van der Waals surface area contributed by atoms with Gasteiger partial charge in [-0.3, -0.25) is 13.9 Å². The van der Waals surface area contributed by atoms with Crippen molar-refractivity contribution in [2.24, 2.45) is 5.92 Å². The molecule has 0 saturated carbocycles. The number of hydrogen-bond donors (Lipinski definition) is 1. The van der Waals surface area contributed by atoms with Crippen LogP contribution in [0.25, 0.3) is 0 Å². The van der Waals surface area contributed by atoms with Gasteiger partial charge in [-0.2, -0.15) is 0 Å². The Bertz CT molecular complexity index is 1670. The summed E-state index contributed by atoms with van der Waals surface area (Å²) in [6.45, 7) is 3.02. The average Bonchev–Trinajstić information content (AvgIpc) is 3.02. The molecular formula is C34H35F2N3O4S. The van der Waals surface area contributed by atoms with E-state index in [-0.39, 0.29) is 35.0 Å². The molecule has 1 N–H and O–H groups in total. The van der Waals surface area contributed by atoms with Crippen LogP contribution in [0.4, 0.5) is 14.5 Å². The van der Waals surface area contributed by atoms with E-state index < -0.39 is 46.1 Å². The van der Waals surface area contributed by atoms with Gasteiger partial charge in [0.15, 0.2) is 0 Å². The number of carbonyl (C=O) groups excluding carboxylic acids is 2. The van der Waals surface area contributed by atoms with Crippen LogP contribution in [0.1, 0.15) is 25.0 Å². The number of nitrogens with zero attached hydrogens (tertiary/aromatic N) is 2. The highest BCUT2D eigenvalue weighted by Crippen LogP contribution is 2.27. The molecule has 0 radical (unpaired) electrons. The van der Waals surface area contributed by atoms with E-state index in [1.54, 1.807) is 36.4 Å². The number of hydrogen-bond acceptors (Lipinski definition) is 4. The summed E-state index contributed by atoms with van der Waals surface area (Å²) in [6, 6.07) is 26.4. The standard InChI is InChI=1S/C34H35F2N3O4S/c1-25(2)22-37-34(41)32(21-26-13-5-3-6-14-26)38(23-27-15-9-10-18-29(27)35)33(40)24-39(31-20-12-11-19-30(31)36)44(42,43)28-16-7-4-8-17-28/h3-20,25,32H,21-24H2,1-2H3,(H,37,41). The van der Waals surface area contributed by atoms with E-state index in [2.05, 4.69) is 5.32 Å². The number of sulfonamides is 1. The largest absolute Gasteiger partial charge is 0.354 e. The number of anilines is 1. The Balaban J connectivity index is 1.81. The van der Waals surface area contributed by atoms with Crippen LogP contribution >= 0.6 is 0 Å². The molecule has 10 heteroatoms. The SMILES string of the molecule is CC(C)CNC(=O)C(Cc1ccccc1)N(Cc1ccccc1F)C(=O)CN(c1ccccc1F)S(=O)(=O)c1ccccc1. The quantitative estimate of drug-likeness (QED) is 0.212. The van der Waals surface area contributed by atoms with Gasteiger partial charge in [-0.15, -0.1) is 0 Å². The minimum Gasteiger partial charge on any atom is -0.354 e. The molecule has 4 aromatic rings. The fourth-order valence-electron chi connectivity index (χ4n) is 4.67. The number of para-hydroxylation sites is 1. The maximum absolute atomic E-state index is 15.1. The van der Waals surface area contributed by atoms with Crippen LogP contribution in [-0.4, -0.2) is 44.3 Å². The molecule has 7 nitrogen and oxygen atoms in total. The van der Waals surface area contributed by atoms with Crippen molar-refractivity contribution in [3.05, 3.63) is 132 Å². The van der Waals surface area contributed by atoms with Crippen LogP contribution in [0.5, 0.6) is 0 Å². The van der Waals surface area contributed by atoms with Gasteiger partial charge in [-0.25, -0.2) is 17.2 Å². The molecule has 0 aliphatic heterocycles. The molecular weight excluding hydrogens is 584 g/mol. The normalized spacial score (nSPS) is 12.0. The highest BCUT2D eigenvalue weighted by molar-refractivity contribution is 7.92. The Morgan fingerprint density at radius 1 is 0.773 bits per heavy atom. The second-order valence-corrected chi connectivity index (χ2v) is 12.6. The van der Waals surface area contributed by atoms with E-state index in [4.69, 9.17) is 0 Å². The smallest absolute Gasteiger partial charge is 0.264 e. The first-order valence-corrected chi connectivity index (χ1v) is 15.7. The molecule has 4 aromatic carbocycles. The predicted molar refractivity (Wildman–Crippen MR) is 166 cm³/mol. The maximum atomic E-state index is 15.1. The summed E-state index contributed by atoms with van der Waals surface area (Å²) < 4.78 is 58.5. The van der Waals surface area contributed by atoms with Crippen molar-refractivity contribution in [3.8, 4) is 0 Å². The number of rotatable bonds is 13. The molecule has 0 fully saturated rings. The van der Waals surface area contributed by atoms with Crippen LogP contribution in [0.2, 0.25) is 0 Å². The van der Waals surface area contributed by atoms with Gasteiger partial charge in [-0.1, -0.05) is 92.7 Å². The van der Waals surface area contributed by atoms with Gasteiger partial charge >= 0.3 is 0 Å². The number of benzene rings is 4. The molecule has 1 unspecified atom stereocenters. The lowest BCUT2D eigenvalue weighted by atomic mass is 10.0. The first-order valence-electron chi connectivity index (χ1n) is 14.2. The van der Waals surface area contributed by atoms with Crippen molar-refractivity contribution in [2.45, 2.75) is 37.8 Å². The fourth-order valence-corrected chi connectivity index (χ4v) is 6.12. The van der Waals surface area contributed by atoms with E-state index in [0.29, 0.717) is 10.8 Å². The zero-order valence-electron chi connectivity index (χ0n) is 24.6. The van der Waals surface area contributed by atoms with Crippen molar-refractivity contribution >= 4 is 27.5 Å². The highest BCUT2D eigenvalue weighted by atomic mass is 32.2. The lowest BCUT2D eigenvalue weighted by Gasteiger charge is -2.34. The summed E-state index contributed by atoms with van der Waals surface area (Å²) in [5.74, 6) is -2.61. The van der Waals surface area contributed by atoms with Crippen LogP contribution in [0.3, 0.4) is 0 Å². The summed E-state index contributed by atoms with van der Waals surface area (Å²) >= 11 is 0. The molecule has 1 atom stereocenters. The number of halogens is 2. The minimum absolute atomic E-state index is 0.0795. The third-order valence-corrected chi connectivity index (χ3v) is 8.76. The Kier molecular flexibility index (Phi) is 10.8. The van der Waals surface area contributed by atoms with Crippen LogP contribution in [0.15, 0.2) is 114 Å². The molecule has 0 aliphatic carbocycles. The van der Waals surface area contributed by atoms with Crippen LogP contribution in [-0.2, 0) is 32.6 Å². The van der Waals surface area contributed by atoms with Gasteiger partial charge in [0.05, 0.1) is 10.6 Å². The molecule has 0 heterocycles. The summed E-state index contributed by atoms with van der Waals surface area (Å²) in [5.41, 5.74) is 0.546. The molecule has 0 aliphatic rings. The number of amides is 2. The minimum atomic E-state index is -4.44. The predicted octanol–water partition coefficient (Wildman–Crippen LogP) is 5.57. The van der Waals surface area contributed by atoms with E-state index in [0.717, 1.165) is 11.6 Å². The van der Waals surface area contributed by atoms with Gasteiger partial charge in [0.25, 0.3) is 10.0 Å². The zero-order chi connectivity index (χ0) is 31.7. The summed E-state index contributed by atoms with van der Waals surface area (Å²) in [6.07, 6.45) is 0.0795. The second-order valence-electron chi connectivity index (χ2n) is 10.7. The van der Waals surface area contributed by atoms with Crippen molar-refractivity contribution in [3.63, 3.8) is 0 Å². The van der Waals surface area contributed by atoms with Crippen molar-refractivity contribution < 1.29 is 26.8 Å². The zero-order valence-corrected chi connectivity index (χ0v) is 25.4. The first kappa shape index (κ1) is 32.3. The average molecular weight is 620 g/mol. The first-order chi connectivity index (χ1) is 21.1. The van der Waals surface area contributed by atoms with E-state index in [1.165, 1.54) is 65.6 Å². The van der Waals surface area contributed by atoms with Gasteiger partial charge in [0.2, 0.25) is 11.8 Å². The van der Waals surface area contributed by atoms with E-state index in [9.17, 15) is 22.4 Å². The van der Waals surface area contributed by atoms with Crippen LogP contribution < -0.4 is 9.62 Å². The second kappa shape index (κ2) is 14.7. The van der Waals surface area contributed by atoms with Crippen molar-refractivity contribution in [2.75, 3.05) is 17.4 Å². The molecule has 0 spiro atoms. The van der Waals surface area contributed by atoms with Gasteiger partial charge in [0.1, 0.15) is 24.2 Å². The molecule has 0 aromatic heterocycles. The van der Waals surface area contributed by atoms with Crippen LogP contribution in [0, 0.1) is 17.6 Å².